The van der Waals surface area contributed by atoms with Gasteiger partial charge in [-0.25, -0.2) is 4.39 Å². The molecule has 23 heavy (non-hydrogen) atoms. The van der Waals surface area contributed by atoms with Gasteiger partial charge in [0.05, 0.1) is 24.8 Å². The van der Waals surface area contributed by atoms with Crippen LogP contribution in [0.25, 0.3) is 0 Å². The van der Waals surface area contributed by atoms with Crippen molar-refractivity contribution in [3.05, 3.63) is 0 Å². The molecule has 5 nitrogen and oxygen atoms in total. The highest BCUT2D eigenvalue weighted by molar-refractivity contribution is 5.79. The first-order valence-corrected chi connectivity index (χ1v) is 8.71. The van der Waals surface area contributed by atoms with Crippen molar-refractivity contribution in [3.63, 3.8) is 0 Å². The molecule has 4 atom stereocenters. The SMILES string of the molecule is N#C[C@@H]1C[C@H](F)CN1C(=O)CNC12CC3CC(CC(O)(C3)C1)C2. The summed E-state index contributed by atoms with van der Waals surface area (Å²) in [6.07, 6.45) is 4.78. The van der Waals surface area contributed by atoms with Gasteiger partial charge >= 0.3 is 0 Å². The van der Waals surface area contributed by atoms with Gasteiger partial charge in [0.1, 0.15) is 12.2 Å². The van der Waals surface area contributed by atoms with E-state index in [4.69, 9.17) is 5.26 Å². The van der Waals surface area contributed by atoms with Crippen LogP contribution >= 0.6 is 0 Å². The average molecular weight is 321 g/mol. The normalized spacial score (nSPS) is 47.8. The summed E-state index contributed by atoms with van der Waals surface area (Å²) >= 11 is 0. The van der Waals surface area contributed by atoms with Crippen LogP contribution in [0.4, 0.5) is 4.39 Å². The van der Waals surface area contributed by atoms with Crippen LogP contribution in [0, 0.1) is 23.2 Å². The summed E-state index contributed by atoms with van der Waals surface area (Å²) in [7, 11) is 0. The molecule has 0 radical (unpaired) electrons. The predicted octanol–water partition coefficient (Wildman–Crippen LogP) is 1.12. The number of halogens is 1. The lowest BCUT2D eigenvalue weighted by Crippen LogP contribution is -2.65. The highest BCUT2D eigenvalue weighted by Gasteiger charge is 2.57. The van der Waals surface area contributed by atoms with E-state index in [1.54, 1.807) is 0 Å². The second kappa shape index (κ2) is 5.15. The maximum Gasteiger partial charge on any atom is 0.237 e. The van der Waals surface area contributed by atoms with Crippen molar-refractivity contribution >= 4 is 5.91 Å². The molecule has 0 aromatic heterocycles. The maximum atomic E-state index is 13.5. The molecule has 2 unspecified atom stereocenters. The second-order valence-electron chi connectivity index (χ2n) is 8.34. The number of amides is 1. The number of carbonyl (C=O) groups excluding carboxylic acids is 1. The van der Waals surface area contributed by atoms with E-state index >= 15 is 0 Å². The van der Waals surface area contributed by atoms with Crippen molar-refractivity contribution in [2.75, 3.05) is 13.1 Å². The number of nitriles is 1. The maximum absolute atomic E-state index is 13.5. The van der Waals surface area contributed by atoms with Crippen molar-refractivity contribution in [3.8, 4) is 6.07 Å². The van der Waals surface area contributed by atoms with Crippen LogP contribution in [0.2, 0.25) is 0 Å². The van der Waals surface area contributed by atoms with Crippen LogP contribution in [-0.4, -0.2) is 52.4 Å². The summed E-state index contributed by atoms with van der Waals surface area (Å²) in [5.41, 5.74) is -0.710. The van der Waals surface area contributed by atoms with Gasteiger partial charge in [0.2, 0.25) is 5.91 Å². The summed E-state index contributed by atoms with van der Waals surface area (Å²) in [4.78, 5) is 13.8. The highest BCUT2D eigenvalue weighted by atomic mass is 19.1. The smallest absolute Gasteiger partial charge is 0.237 e. The molecular weight excluding hydrogens is 297 g/mol. The van der Waals surface area contributed by atoms with Gasteiger partial charge in [-0.15, -0.1) is 0 Å². The van der Waals surface area contributed by atoms with Crippen molar-refractivity contribution in [1.82, 2.24) is 10.2 Å². The average Bonchev–Trinajstić information content (AvgIpc) is 2.83. The van der Waals surface area contributed by atoms with E-state index in [1.165, 1.54) is 11.3 Å². The highest BCUT2D eigenvalue weighted by Crippen LogP contribution is 2.57. The zero-order valence-corrected chi connectivity index (χ0v) is 13.3. The molecule has 6 heteroatoms. The third-order valence-electron chi connectivity index (χ3n) is 6.36. The van der Waals surface area contributed by atoms with E-state index in [-0.39, 0.29) is 31.0 Å². The summed E-state index contributed by atoms with van der Waals surface area (Å²) in [5.74, 6) is 0.912. The minimum absolute atomic E-state index is 0.0287. The summed E-state index contributed by atoms with van der Waals surface area (Å²) in [5, 5.41) is 23.2. The fourth-order valence-corrected chi connectivity index (χ4v) is 5.97. The minimum Gasteiger partial charge on any atom is -0.390 e. The second-order valence-corrected chi connectivity index (χ2v) is 8.34. The minimum atomic E-state index is -1.09. The van der Waals surface area contributed by atoms with E-state index in [0.29, 0.717) is 18.3 Å². The van der Waals surface area contributed by atoms with Gasteiger partial charge in [0, 0.05) is 12.0 Å². The summed E-state index contributed by atoms with van der Waals surface area (Å²) in [6, 6.07) is 1.38. The van der Waals surface area contributed by atoms with E-state index < -0.39 is 17.8 Å². The molecule has 5 fully saturated rings. The largest absolute Gasteiger partial charge is 0.390 e. The number of nitrogens with one attached hydrogen (secondary N) is 1. The van der Waals surface area contributed by atoms with Crippen LogP contribution in [-0.2, 0) is 4.79 Å². The van der Waals surface area contributed by atoms with Crippen LogP contribution < -0.4 is 5.32 Å². The van der Waals surface area contributed by atoms with E-state index in [9.17, 15) is 14.3 Å². The zero-order valence-electron chi connectivity index (χ0n) is 13.3. The molecule has 1 saturated heterocycles. The summed E-state index contributed by atoms with van der Waals surface area (Å²) < 4.78 is 13.5. The van der Waals surface area contributed by atoms with Crippen LogP contribution in [0.1, 0.15) is 44.9 Å². The molecule has 0 spiro atoms. The van der Waals surface area contributed by atoms with E-state index in [1.807, 2.05) is 6.07 Å². The molecule has 0 aromatic carbocycles. The summed E-state index contributed by atoms with van der Waals surface area (Å²) in [6.45, 7) is 0.168. The third kappa shape index (κ3) is 2.64. The molecule has 2 N–H and O–H groups in total. The molecule has 5 aliphatic rings. The number of alkyl halides is 1. The predicted molar refractivity (Wildman–Crippen MR) is 81.0 cm³/mol. The first-order chi connectivity index (χ1) is 10.9. The topological polar surface area (TPSA) is 76.4 Å². The number of carbonyl (C=O) groups is 1. The lowest BCUT2D eigenvalue weighted by molar-refractivity contribution is -0.147. The molecular formula is C17H24FN3O2. The lowest BCUT2D eigenvalue weighted by atomic mass is 9.51. The Balaban J connectivity index is 1.41. The molecule has 1 aliphatic heterocycles. The van der Waals surface area contributed by atoms with Gasteiger partial charge < -0.3 is 15.3 Å². The van der Waals surface area contributed by atoms with E-state index in [2.05, 4.69) is 5.32 Å². The van der Waals surface area contributed by atoms with Crippen LogP contribution in [0.3, 0.4) is 0 Å². The number of nitrogens with zero attached hydrogens (tertiary/aromatic N) is 2. The third-order valence-corrected chi connectivity index (χ3v) is 6.36. The first kappa shape index (κ1) is 15.3. The molecule has 126 valence electrons. The quantitative estimate of drug-likeness (QED) is 0.817. The first-order valence-electron chi connectivity index (χ1n) is 8.71. The van der Waals surface area contributed by atoms with Gasteiger partial charge in [-0.05, 0) is 50.4 Å². The van der Waals surface area contributed by atoms with Gasteiger partial charge in [-0.3, -0.25) is 4.79 Å². The number of rotatable bonds is 3. The standard InChI is InChI=1S/C17H24FN3O2/c18-13-2-14(7-19)21(9-13)15(22)8-20-16-3-11-1-12(4-16)6-17(23,5-11)10-16/h11-14,20,23H,1-6,8-10H2/t11?,12?,13-,14-,16?,17?/m0/s1. The number of hydrogen-bond acceptors (Lipinski definition) is 4. The Kier molecular flexibility index (Phi) is 3.44. The molecule has 4 saturated carbocycles. The Morgan fingerprint density at radius 3 is 2.61 bits per heavy atom. The Morgan fingerprint density at radius 1 is 1.30 bits per heavy atom. The van der Waals surface area contributed by atoms with Gasteiger partial charge in [0.15, 0.2) is 0 Å². The number of aliphatic hydroxyl groups is 1. The Morgan fingerprint density at radius 2 is 2.00 bits per heavy atom. The van der Waals surface area contributed by atoms with Crippen molar-refractivity contribution in [2.45, 2.75) is 68.3 Å². The zero-order chi connectivity index (χ0) is 16.2. The number of likely N-dealkylation sites (tertiary alicyclic amines) is 1. The fraction of sp³-hybridized carbons (Fsp3) is 0.882. The molecule has 1 amide bonds. The van der Waals surface area contributed by atoms with Crippen molar-refractivity contribution < 1.29 is 14.3 Å². The van der Waals surface area contributed by atoms with Crippen LogP contribution in [0.15, 0.2) is 0 Å². The van der Waals surface area contributed by atoms with Crippen LogP contribution in [0.5, 0.6) is 0 Å². The van der Waals surface area contributed by atoms with Gasteiger partial charge in [0.25, 0.3) is 0 Å². The molecule has 4 bridgehead atoms. The van der Waals surface area contributed by atoms with Crippen molar-refractivity contribution in [1.29, 1.82) is 5.26 Å². The fourth-order valence-electron chi connectivity index (χ4n) is 5.97. The Hall–Kier alpha value is -1.19. The molecule has 4 aliphatic carbocycles. The van der Waals surface area contributed by atoms with Gasteiger partial charge in [-0.1, -0.05) is 0 Å². The van der Waals surface area contributed by atoms with Gasteiger partial charge in [-0.2, -0.15) is 5.26 Å². The Bertz CT molecular complexity index is 547. The molecule has 1 heterocycles. The van der Waals surface area contributed by atoms with Crippen molar-refractivity contribution in [2.24, 2.45) is 11.8 Å². The monoisotopic (exact) mass is 321 g/mol. The molecule has 0 aromatic rings. The molecule has 5 rings (SSSR count). The number of hydrogen-bond donors (Lipinski definition) is 2. The van der Waals surface area contributed by atoms with E-state index in [0.717, 1.165) is 25.7 Å². The lowest BCUT2D eigenvalue weighted by Gasteiger charge is -2.60. The Labute approximate surface area is 135 Å².